The van der Waals surface area contributed by atoms with E-state index in [0.29, 0.717) is 28.5 Å². The van der Waals surface area contributed by atoms with Gasteiger partial charge in [-0.15, -0.1) is 0 Å². The van der Waals surface area contributed by atoms with E-state index in [1.54, 1.807) is 22.7 Å². The molecule has 0 spiro atoms. The molecule has 1 fully saturated rings. The van der Waals surface area contributed by atoms with E-state index < -0.39 is 0 Å². The number of carbonyl (C=O) groups is 2. The second kappa shape index (κ2) is 9.65. The number of halogens is 1. The Kier molecular flexibility index (Phi) is 6.69. The van der Waals surface area contributed by atoms with Crippen LogP contribution in [0, 0.1) is 13.8 Å². The summed E-state index contributed by atoms with van der Waals surface area (Å²) < 4.78 is 1.68. The van der Waals surface area contributed by atoms with Gasteiger partial charge in [0.1, 0.15) is 6.33 Å². The Labute approximate surface area is 191 Å². The number of rotatable bonds is 6. The summed E-state index contributed by atoms with van der Waals surface area (Å²) in [4.78, 5) is 33.9. The zero-order valence-corrected chi connectivity index (χ0v) is 19.1. The van der Waals surface area contributed by atoms with E-state index in [0.717, 1.165) is 42.6 Å². The molecule has 0 radical (unpaired) electrons. The molecule has 8 nitrogen and oxygen atoms in total. The van der Waals surface area contributed by atoms with Crippen LogP contribution in [-0.2, 0) is 11.2 Å². The second-order valence-electron chi connectivity index (χ2n) is 8.28. The number of hydrogen-bond acceptors (Lipinski definition) is 5. The molecule has 0 unspecified atom stereocenters. The van der Waals surface area contributed by atoms with Gasteiger partial charge in [-0.05, 0) is 56.9 Å². The van der Waals surface area contributed by atoms with Crippen LogP contribution < -0.4 is 10.6 Å². The van der Waals surface area contributed by atoms with Crippen molar-refractivity contribution >= 4 is 34.9 Å². The molecule has 1 aliphatic rings. The Morgan fingerprint density at radius 2 is 1.97 bits per heavy atom. The molecule has 0 aliphatic heterocycles. The van der Waals surface area contributed by atoms with Gasteiger partial charge < -0.3 is 10.6 Å². The number of amides is 2. The molecule has 1 aliphatic carbocycles. The number of aryl methyl sites for hydroxylation is 2. The van der Waals surface area contributed by atoms with E-state index in [-0.39, 0.29) is 24.3 Å². The lowest BCUT2D eigenvalue weighted by Gasteiger charge is -2.23. The van der Waals surface area contributed by atoms with Crippen molar-refractivity contribution in [3.63, 3.8) is 0 Å². The third kappa shape index (κ3) is 4.91. The van der Waals surface area contributed by atoms with Crippen LogP contribution in [0.3, 0.4) is 0 Å². The van der Waals surface area contributed by atoms with Gasteiger partial charge in [0.15, 0.2) is 0 Å². The normalized spacial score (nSPS) is 14.5. The van der Waals surface area contributed by atoms with Crippen molar-refractivity contribution in [2.75, 3.05) is 5.32 Å². The molecule has 2 heterocycles. The first-order valence-electron chi connectivity index (χ1n) is 11.0. The lowest BCUT2D eigenvalue weighted by Crippen LogP contribution is -2.36. The maximum Gasteiger partial charge on any atom is 0.253 e. The van der Waals surface area contributed by atoms with Crippen molar-refractivity contribution in [3.05, 3.63) is 52.1 Å². The quantitative estimate of drug-likeness (QED) is 0.585. The van der Waals surface area contributed by atoms with Crippen molar-refractivity contribution < 1.29 is 9.59 Å². The number of fused-ring (bicyclic) bond motifs is 1. The minimum atomic E-state index is -0.198. The molecule has 3 aromatic rings. The summed E-state index contributed by atoms with van der Waals surface area (Å²) in [7, 11) is 0. The summed E-state index contributed by atoms with van der Waals surface area (Å²) in [6.07, 6.45) is 7.73. The van der Waals surface area contributed by atoms with Crippen LogP contribution in [0.1, 0.15) is 65.8 Å². The molecule has 0 saturated heterocycles. The zero-order chi connectivity index (χ0) is 22.7. The van der Waals surface area contributed by atoms with Gasteiger partial charge in [0.2, 0.25) is 5.91 Å². The maximum absolute atomic E-state index is 12.7. The van der Waals surface area contributed by atoms with Gasteiger partial charge in [0.25, 0.3) is 11.7 Å². The molecule has 2 amide bonds. The van der Waals surface area contributed by atoms with Gasteiger partial charge in [-0.1, -0.05) is 30.9 Å². The van der Waals surface area contributed by atoms with Gasteiger partial charge in [0.05, 0.1) is 10.6 Å². The van der Waals surface area contributed by atoms with Crippen molar-refractivity contribution in [2.45, 2.75) is 64.8 Å². The fourth-order valence-corrected chi connectivity index (χ4v) is 4.47. The number of hydrogen-bond donors (Lipinski definition) is 2. The molecule has 2 N–H and O–H groups in total. The zero-order valence-electron chi connectivity index (χ0n) is 18.3. The van der Waals surface area contributed by atoms with Crippen LogP contribution >= 0.6 is 11.6 Å². The highest BCUT2D eigenvalue weighted by Crippen LogP contribution is 2.23. The van der Waals surface area contributed by atoms with Gasteiger partial charge in [0, 0.05) is 29.5 Å². The fourth-order valence-electron chi connectivity index (χ4n) is 4.27. The summed E-state index contributed by atoms with van der Waals surface area (Å²) >= 11 is 6.27. The van der Waals surface area contributed by atoms with Crippen LogP contribution in [0.5, 0.6) is 0 Å². The van der Waals surface area contributed by atoms with E-state index in [4.69, 9.17) is 11.6 Å². The SMILES string of the molecule is Cc1nc2ncnn2c(C)c1CCC(=O)Nc1ccc(Cl)c(C(=O)NC2CCCCC2)c1. The lowest BCUT2D eigenvalue weighted by molar-refractivity contribution is -0.116. The summed E-state index contributed by atoms with van der Waals surface area (Å²) in [5.41, 5.74) is 3.66. The topological polar surface area (TPSA) is 101 Å². The number of nitrogens with one attached hydrogen (secondary N) is 2. The minimum Gasteiger partial charge on any atom is -0.349 e. The lowest BCUT2D eigenvalue weighted by atomic mass is 9.95. The summed E-state index contributed by atoms with van der Waals surface area (Å²) in [6.45, 7) is 3.85. The Balaban J connectivity index is 1.40. The van der Waals surface area contributed by atoms with Crippen molar-refractivity contribution in [2.24, 2.45) is 0 Å². The molecule has 1 aromatic carbocycles. The van der Waals surface area contributed by atoms with Gasteiger partial charge in [-0.3, -0.25) is 9.59 Å². The third-order valence-electron chi connectivity index (χ3n) is 6.03. The first-order valence-corrected chi connectivity index (χ1v) is 11.4. The Morgan fingerprint density at radius 3 is 2.75 bits per heavy atom. The Bertz CT molecular complexity index is 1150. The summed E-state index contributed by atoms with van der Waals surface area (Å²) in [6, 6.07) is 5.17. The molecule has 4 rings (SSSR count). The number of nitrogens with zero attached hydrogens (tertiary/aromatic N) is 4. The van der Waals surface area contributed by atoms with Gasteiger partial charge in [-0.2, -0.15) is 10.1 Å². The van der Waals surface area contributed by atoms with Crippen molar-refractivity contribution in [3.8, 4) is 0 Å². The van der Waals surface area contributed by atoms with E-state index in [2.05, 4.69) is 25.7 Å². The van der Waals surface area contributed by atoms with E-state index >= 15 is 0 Å². The van der Waals surface area contributed by atoms with Crippen LogP contribution in [0.15, 0.2) is 24.5 Å². The monoisotopic (exact) mass is 454 g/mol. The largest absolute Gasteiger partial charge is 0.349 e. The van der Waals surface area contributed by atoms with E-state index in [9.17, 15) is 9.59 Å². The number of benzene rings is 1. The average molecular weight is 455 g/mol. The molecule has 1 saturated carbocycles. The third-order valence-corrected chi connectivity index (χ3v) is 6.36. The van der Waals surface area contributed by atoms with Crippen molar-refractivity contribution in [1.82, 2.24) is 24.9 Å². The van der Waals surface area contributed by atoms with E-state index in [1.807, 2.05) is 13.8 Å². The average Bonchev–Trinajstić information content (AvgIpc) is 3.24. The number of carbonyl (C=O) groups excluding carboxylic acids is 2. The fraction of sp³-hybridized carbons (Fsp3) is 0.435. The van der Waals surface area contributed by atoms with Gasteiger partial charge >= 0.3 is 0 Å². The summed E-state index contributed by atoms with van der Waals surface area (Å²) in [5, 5.41) is 10.5. The minimum absolute atomic E-state index is 0.150. The molecule has 32 heavy (non-hydrogen) atoms. The predicted molar refractivity (Wildman–Crippen MR) is 123 cm³/mol. The Hall–Kier alpha value is -3.00. The number of aromatic nitrogens is 4. The molecule has 2 aromatic heterocycles. The number of anilines is 1. The first kappa shape index (κ1) is 22.2. The first-order chi connectivity index (χ1) is 15.4. The highest BCUT2D eigenvalue weighted by Gasteiger charge is 2.19. The van der Waals surface area contributed by atoms with Crippen LogP contribution in [0.25, 0.3) is 5.78 Å². The maximum atomic E-state index is 12.7. The van der Waals surface area contributed by atoms with Crippen LogP contribution in [-0.4, -0.2) is 37.4 Å². The van der Waals surface area contributed by atoms with Crippen LogP contribution in [0.4, 0.5) is 5.69 Å². The molecule has 9 heteroatoms. The molecular formula is C23H27ClN6O2. The molecule has 0 atom stereocenters. The molecule has 0 bridgehead atoms. The van der Waals surface area contributed by atoms with Crippen LogP contribution in [0.2, 0.25) is 5.02 Å². The van der Waals surface area contributed by atoms with Crippen molar-refractivity contribution in [1.29, 1.82) is 0 Å². The highest BCUT2D eigenvalue weighted by molar-refractivity contribution is 6.34. The molecule has 168 valence electrons. The smallest absolute Gasteiger partial charge is 0.253 e. The van der Waals surface area contributed by atoms with E-state index in [1.165, 1.54) is 12.7 Å². The van der Waals surface area contributed by atoms with Gasteiger partial charge in [-0.25, -0.2) is 9.50 Å². The molecular weight excluding hydrogens is 428 g/mol. The summed E-state index contributed by atoms with van der Waals surface area (Å²) in [5.74, 6) is 0.202. The second-order valence-corrected chi connectivity index (χ2v) is 8.69. The predicted octanol–water partition coefficient (Wildman–Crippen LogP) is 4.03. The highest BCUT2D eigenvalue weighted by atomic mass is 35.5. The standard InChI is InChI=1S/C23H27ClN6O2/c1-14-18(15(2)30-23(27-14)25-13-26-30)9-11-21(31)28-17-8-10-20(24)19(12-17)22(32)29-16-6-4-3-5-7-16/h8,10,12-13,16H,3-7,9,11H2,1-2H3,(H,28,31)(H,29,32). The Morgan fingerprint density at radius 1 is 1.19 bits per heavy atom.